The number of rotatable bonds is 1. The van der Waals surface area contributed by atoms with Crippen LogP contribution in [-0.4, -0.2) is 60.3 Å². The summed E-state index contributed by atoms with van der Waals surface area (Å²) in [5.74, 6) is -0.529. The van der Waals surface area contributed by atoms with Crippen LogP contribution >= 0.6 is 0 Å². The number of hydrogen-bond donors (Lipinski definition) is 1. The molecule has 0 unspecified atom stereocenters. The first-order chi connectivity index (χ1) is 12.7. The quantitative estimate of drug-likeness (QED) is 0.818. The Hall–Kier alpha value is -2.17. The van der Waals surface area contributed by atoms with E-state index in [4.69, 9.17) is 4.74 Å². The molecule has 2 saturated heterocycles. The highest BCUT2D eigenvalue weighted by molar-refractivity contribution is 5.69. The van der Waals surface area contributed by atoms with Crippen molar-refractivity contribution in [3.8, 4) is 6.07 Å². The van der Waals surface area contributed by atoms with Gasteiger partial charge in [0.2, 0.25) is 0 Å². The molecule has 7 heteroatoms. The summed E-state index contributed by atoms with van der Waals surface area (Å²) in [6.07, 6.45) is -0.375. The van der Waals surface area contributed by atoms with Crippen molar-refractivity contribution in [2.24, 2.45) is 0 Å². The zero-order valence-corrected chi connectivity index (χ0v) is 16.4. The van der Waals surface area contributed by atoms with E-state index >= 15 is 0 Å². The van der Waals surface area contributed by atoms with E-state index in [9.17, 15) is 14.4 Å². The van der Waals surface area contributed by atoms with Gasteiger partial charge in [-0.15, -0.1) is 0 Å². The van der Waals surface area contributed by atoms with E-state index < -0.39 is 11.4 Å². The highest BCUT2D eigenvalue weighted by Crippen LogP contribution is 2.33. The lowest BCUT2D eigenvalue weighted by Crippen LogP contribution is -2.63. The molecular weight excluding hydrogens is 347 g/mol. The zero-order chi connectivity index (χ0) is 19.8. The second-order valence-electron chi connectivity index (χ2n) is 8.25. The number of nitrogens with one attached hydrogen (secondary N) is 1. The molecule has 146 valence electrons. The van der Waals surface area contributed by atoms with Crippen molar-refractivity contribution in [1.82, 2.24) is 15.1 Å². The van der Waals surface area contributed by atoms with Crippen LogP contribution in [0.3, 0.4) is 0 Å². The highest BCUT2D eigenvalue weighted by Gasteiger charge is 2.40. The average Bonchev–Trinajstić information content (AvgIpc) is 2.60. The number of carbonyl (C=O) groups excluding carboxylic acids is 1. The first kappa shape index (κ1) is 19.6. The van der Waals surface area contributed by atoms with Gasteiger partial charge in [-0.2, -0.15) is 5.26 Å². The minimum atomic E-state index is -0.598. The Morgan fingerprint density at radius 2 is 2.11 bits per heavy atom. The van der Waals surface area contributed by atoms with E-state index in [2.05, 4.69) is 10.2 Å². The van der Waals surface area contributed by atoms with Gasteiger partial charge in [0.05, 0.1) is 11.6 Å². The van der Waals surface area contributed by atoms with Crippen molar-refractivity contribution in [3.63, 3.8) is 0 Å². The van der Waals surface area contributed by atoms with Gasteiger partial charge in [0.25, 0.3) is 0 Å². The molecule has 0 aliphatic carbocycles. The number of carbonyl (C=O) groups is 1. The molecule has 0 spiro atoms. The number of benzene rings is 1. The van der Waals surface area contributed by atoms with Gasteiger partial charge >= 0.3 is 6.09 Å². The van der Waals surface area contributed by atoms with Crippen molar-refractivity contribution in [2.45, 2.75) is 45.4 Å². The standard InChI is InChI=1S/C20H27FN4O2/c1-13-15(5-6-17(21)16(13)9-22)18-12-24-8-7-23-10-14(24)11-25(18)19(26)27-20(2,3)4/h5-6,14,18,23H,7-8,10-12H2,1-4H3/t14-,18-/m0/s1. The van der Waals surface area contributed by atoms with Gasteiger partial charge in [-0.1, -0.05) is 6.07 Å². The van der Waals surface area contributed by atoms with Crippen molar-refractivity contribution >= 4 is 6.09 Å². The lowest BCUT2D eigenvalue weighted by Gasteiger charge is -2.48. The first-order valence-electron chi connectivity index (χ1n) is 9.34. The van der Waals surface area contributed by atoms with Crippen LogP contribution in [-0.2, 0) is 4.74 Å². The second-order valence-corrected chi connectivity index (χ2v) is 8.25. The van der Waals surface area contributed by atoms with Crippen LogP contribution in [0.5, 0.6) is 0 Å². The number of hydrogen-bond acceptors (Lipinski definition) is 5. The molecule has 2 aliphatic heterocycles. The van der Waals surface area contributed by atoms with Gasteiger partial charge in [-0.05, 0) is 44.9 Å². The Kier molecular flexibility index (Phi) is 5.41. The molecule has 1 N–H and O–H groups in total. The van der Waals surface area contributed by atoms with Crippen LogP contribution in [0.2, 0.25) is 0 Å². The molecule has 0 bridgehead atoms. The minimum absolute atomic E-state index is 0.0408. The van der Waals surface area contributed by atoms with Crippen molar-refractivity contribution < 1.29 is 13.9 Å². The van der Waals surface area contributed by atoms with E-state index in [1.165, 1.54) is 6.07 Å². The molecule has 1 aromatic rings. The predicted molar refractivity (Wildman–Crippen MR) is 99.8 cm³/mol. The third kappa shape index (κ3) is 4.07. The third-order valence-corrected chi connectivity index (χ3v) is 5.22. The van der Waals surface area contributed by atoms with Crippen molar-refractivity contribution in [2.75, 3.05) is 32.7 Å². The fourth-order valence-corrected chi connectivity index (χ4v) is 3.88. The van der Waals surface area contributed by atoms with Gasteiger partial charge in [0.15, 0.2) is 0 Å². The van der Waals surface area contributed by atoms with E-state index in [-0.39, 0.29) is 23.7 Å². The van der Waals surface area contributed by atoms with Gasteiger partial charge in [0, 0.05) is 38.8 Å². The van der Waals surface area contributed by atoms with Crippen LogP contribution in [0.1, 0.15) is 43.5 Å². The van der Waals surface area contributed by atoms with Gasteiger partial charge in [-0.3, -0.25) is 9.80 Å². The van der Waals surface area contributed by atoms with E-state index in [0.717, 1.165) is 25.2 Å². The molecule has 0 saturated carbocycles. The van der Waals surface area contributed by atoms with E-state index in [0.29, 0.717) is 18.7 Å². The van der Waals surface area contributed by atoms with Crippen LogP contribution in [0.25, 0.3) is 0 Å². The number of nitriles is 1. The number of fused-ring (bicyclic) bond motifs is 1. The van der Waals surface area contributed by atoms with Gasteiger partial charge in [0.1, 0.15) is 17.5 Å². The Labute approximate surface area is 159 Å². The monoisotopic (exact) mass is 374 g/mol. The van der Waals surface area contributed by atoms with Crippen LogP contribution in [0.15, 0.2) is 12.1 Å². The maximum atomic E-state index is 14.0. The average molecular weight is 374 g/mol. The summed E-state index contributed by atoms with van der Waals surface area (Å²) in [5, 5.41) is 12.7. The summed E-state index contributed by atoms with van der Waals surface area (Å²) < 4.78 is 19.6. The topological polar surface area (TPSA) is 68.6 Å². The Balaban J connectivity index is 1.98. The molecular formula is C20H27FN4O2. The van der Waals surface area contributed by atoms with Gasteiger partial charge < -0.3 is 10.1 Å². The minimum Gasteiger partial charge on any atom is -0.444 e. The number of piperazine rings is 2. The summed E-state index contributed by atoms with van der Waals surface area (Å²) in [6.45, 7) is 11.1. The Morgan fingerprint density at radius 3 is 2.78 bits per heavy atom. The normalized spacial score (nSPS) is 23.5. The maximum Gasteiger partial charge on any atom is 0.410 e. The summed E-state index contributed by atoms with van der Waals surface area (Å²) in [5.41, 5.74) is 0.832. The summed E-state index contributed by atoms with van der Waals surface area (Å²) in [7, 11) is 0. The molecule has 3 rings (SSSR count). The number of nitrogens with zero attached hydrogens (tertiary/aromatic N) is 3. The molecule has 6 nitrogen and oxygen atoms in total. The summed E-state index contributed by atoms with van der Waals surface area (Å²) >= 11 is 0. The molecule has 27 heavy (non-hydrogen) atoms. The predicted octanol–water partition coefficient (Wildman–Crippen LogP) is 2.57. The lowest BCUT2D eigenvalue weighted by molar-refractivity contribution is -0.0213. The molecule has 0 aromatic heterocycles. The highest BCUT2D eigenvalue weighted by atomic mass is 19.1. The SMILES string of the molecule is Cc1c([C@@H]2CN3CCNC[C@H]3CN2C(=O)OC(C)(C)C)ccc(F)c1C#N. The van der Waals surface area contributed by atoms with E-state index in [1.807, 2.05) is 26.8 Å². The molecule has 1 aromatic carbocycles. The summed E-state index contributed by atoms with van der Waals surface area (Å²) in [4.78, 5) is 17.0. The molecule has 2 fully saturated rings. The number of halogens is 1. The fourth-order valence-electron chi connectivity index (χ4n) is 3.88. The van der Waals surface area contributed by atoms with Gasteiger partial charge in [-0.25, -0.2) is 9.18 Å². The molecule has 2 atom stereocenters. The molecule has 2 aliphatic rings. The first-order valence-corrected chi connectivity index (χ1v) is 9.34. The van der Waals surface area contributed by atoms with Crippen LogP contribution in [0, 0.1) is 24.1 Å². The maximum absolute atomic E-state index is 14.0. The molecule has 1 amide bonds. The third-order valence-electron chi connectivity index (χ3n) is 5.22. The number of ether oxygens (including phenoxy) is 1. The van der Waals surface area contributed by atoms with Crippen LogP contribution in [0.4, 0.5) is 9.18 Å². The zero-order valence-electron chi connectivity index (χ0n) is 16.4. The Morgan fingerprint density at radius 1 is 1.37 bits per heavy atom. The van der Waals surface area contributed by atoms with E-state index in [1.54, 1.807) is 17.9 Å². The summed E-state index contributed by atoms with van der Waals surface area (Å²) in [6, 6.07) is 4.90. The van der Waals surface area contributed by atoms with Crippen molar-refractivity contribution in [1.29, 1.82) is 5.26 Å². The Bertz CT molecular complexity index is 768. The van der Waals surface area contributed by atoms with Crippen LogP contribution < -0.4 is 5.32 Å². The molecule has 0 radical (unpaired) electrons. The molecule has 2 heterocycles. The largest absolute Gasteiger partial charge is 0.444 e. The fraction of sp³-hybridized carbons (Fsp3) is 0.600. The second kappa shape index (κ2) is 7.45. The smallest absolute Gasteiger partial charge is 0.410 e. The van der Waals surface area contributed by atoms with Crippen molar-refractivity contribution in [3.05, 3.63) is 34.6 Å². The number of amides is 1. The lowest BCUT2D eigenvalue weighted by atomic mass is 9.92.